The number of anilines is 1. The first-order valence-corrected chi connectivity index (χ1v) is 7.06. The van der Waals surface area contributed by atoms with Crippen molar-refractivity contribution in [2.75, 3.05) is 25.6 Å². The molecule has 0 aliphatic carbocycles. The lowest BCUT2D eigenvalue weighted by Crippen LogP contribution is -2.14. The van der Waals surface area contributed by atoms with Gasteiger partial charge in [0, 0.05) is 30.8 Å². The number of pyridine rings is 1. The molecule has 0 unspecified atom stereocenters. The topological polar surface area (TPSA) is 60.5 Å². The number of rotatable bonds is 6. The molecule has 22 heavy (non-hydrogen) atoms. The van der Waals surface area contributed by atoms with Crippen LogP contribution in [0.4, 0.5) is 5.69 Å². The molecule has 2 aromatic rings. The molecule has 1 aromatic carbocycles. The molecule has 0 spiro atoms. The van der Waals surface area contributed by atoms with E-state index in [0.29, 0.717) is 24.5 Å². The van der Waals surface area contributed by atoms with Crippen LogP contribution in [-0.4, -0.2) is 31.2 Å². The Kier molecular flexibility index (Phi) is 5.49. The van der Waals surface area contributed by atoms with E-state index >= 15 is 0 Å². The van der Waals surface area contributed by atoms with Gasteiger partial charge in [0.1, 0.15) is 12.4 Å². The van der Waals surface area contributed by atoms with Crippen LogP contribution in [0.1, 0.15) is 21.5 Å². The van der Waals surface area contributed by atoms with Crippen molar-refractivity contribution >= 4 is 11.6 Å². The van der Waals surface area contributed by atoms with Crippen molar-refractivity contribution in [3.63, 3.8) is 0 Å². The number of amides is 1. The van der Waals surface area contributed by atoms with E-state index in [4.69, 9.17) is 9.47 Å². The summed E-state index contributed by atoms with van der Waals surface area (Å²) in [4.78, 5) is 16.5. The maximum absolute atomic E-state index is 12.4. The Bertz CT molecular complexity index is 636. The van der Waals surface area contributed by atoms with Gasteiger partial charge in [-0.1, -0.05) is 6.07 Å². The first-order valence-electron chi connectivity index (χ1n) is 7.06. The summed E-state index contributed by atoms with van der Waals surface area (Å²) in [5, 5.41) is 2.93. The number of carbonyl (C=O) groups is 1. The van der Waals surface area contributed by atoms with Crippen molar-refractivity contribution in [2.45, 2.75) is 13.8 Å². The molecule has 0 radical (unpaired) electrons. The SMILES string of the molecule is COCCOc1cccc(C(=O)Nc2c(C)cncc2C)c1. The number of hydrogen-bond donors (Lipinski definition) is 1. The van der Waals surface area contributed by atoms with Crippen LogP contribution in [0, 0.1) is 13.8 Å². The van der Waals surface area contributed by atoms with E-state index in [1.807, 2.05) is 19.9 Å². The molecule has 5 nitrogen and oxygen atoms in total. The van der Waals surface area contributed by atoms with E-state index in [0.717, 1.165) is 16.8 Å². The van der Waals surface area contributed by atoms with E-state index in [-0.39, 0.29) is 5.91 Å². The fraction of sp³-hybridized carbons (Fsp3) is 0.294. The van der Waals surface area contributed by atoms with Crippen LogP contribution in [0.15, 0.2) is 36.7 Å². The molecule has 0 aliphatic heterocycles. The predicted octanol–water partition coefficient (Wildman–Crippen LogP) is 2.98. The minimum absolute atomic E-state index is 0.172. The van der Waals surface area contributed by atoms with Crippen LogP contribution in [0.2, 0.25) is 0 Å². The number of aromatic nitrogens is 1. The Morgan fingerprint density at radius 2 is 1.91 bits per heavy atom. The first kappa shape index (κ1) is 16.0. The first-order chi connectivity index (χ1) is 10.6. The summed E-state index contributed by atoms with van der Waals surface area (Å²) in [6.07, 6.45) is 3.46. The molecule has 5 heteroatoms. The number of aryl methyl sites for hydroxylation is 2. The number of benzene rings is 1. The van der Waals surface area contributed by atoms with Crippen molar-refractivity contribution in [3.8, 4) is 5.75 Å². The fourth-order valence-electron chi connectivity index (χ4n) is 2.05. The van der Waals surface area contributed by atoms with Crippen molar-refractivity contribution < 1.29 is 14.3 Å². The van der Waals surface area contributed by atoms with Gasteiger partial charge in [-0.3, -0.25) is 9.78 Å². The molecular weight excluding hydrogens is 280 g/mol. The minimum Gasteiger partial charge on any atom is -0.491 e. The number of carbonyl (C=O) groups excluding carboxylic acids is 1. The van der Waals surface area contributed by atoms with Gasteiger partial charge in [0.15, 0.2) is 0 Å². The van der Waals surface area contributed by atoms with Gasteiger partial charge < -0.3 is 14.8 Å². The van der Waals surface area contributed by atoms with Crippen LogP contribution in [-0.2, 0) is 4.74 Å². The van der Waals surface area contributed by atoms with Crippen LogP contribution in [0.3, 0.4) is 0 Å². The molecule has 2 rings (SSSR count). The van der Waals surface area contributed by atoms with E-state index in [1.54, 1.807) is 37.7 Å². The third-order valence-electron chi connectivity index (χ3n) is 3.22. The van der Waals surface area contributed by atoms with Gasteiger partial charge in [0.05, 0.1) is 6.61 Å². The summed E-state index contributed by atoms with van der Waals surface area (Å²) in [6.45, 7) is 4.79. The molecule has 0 aliphatic rings. The van der Waals surface area contributed by atoms with Gasteiger partial charge in [-0.25, -0.2) is 0 Å². The predicted molar refractivity (Wildman–Crippen MR) is 85.5 cm³/mol. The molecule has 0 saturated heterocycles. The number of ether oxygens (including phenoxy) is 2. The lowest BCUT2D eigenvalue weighted by molar-refractivity contribution is 0.102. The van der Waals surface area contributed by atoms with Gasteiger partial charge in [-0.05, 0) is 43.2 Å². The molecule has 116 valence electrons. The average Bonchev–Trinajstić information content (AvgIpc) is 2.51. The third-order valence-corrected chi connectivity index (χ3v) is 3.22. The Labute approximate surface area is 130 Å². The van der Waals surface area contributed by atoms with Crippen LogP contribution < -0.4 is 10.1 Å². The van der Waals surface area contributed by atoms with Gasteiger partial charge >= 0.3 is 0 Å². The van der Waals surface area contributed by atoms with Gasteiger partial charge in [0.25, 0.3) is 5.91 Å². The highest BCUT2D eigenvalue weighted by Gasteiger charge is 2.10. The molecule has 1 amide bonds. The molecule has 0 fully saturated rings. The maximum atomic E-state index is 12.4. The second kappa shape index (κ2) is 7.56. The number of nitrogens with one attached hydrogen (secondary N) is 1. The zero-order valence-electron chi connectivity index (χ0n) is 13.1. The Balaban J connectivity index is 2.11. The van der Waals surface area contributed by atoms with Crippen LogP contribution >= 0.6 is 0 Å². The zero-order chi connectivity index (χ0) is 15.9. The third kappa shape index (κ3) is 4.05. The second-order valence-corrected chi connectivity index (χ2v) is 4.97. The normalized spacial score (nSPS) is 10.3. The van der Waals surface area contributed by atoms with E-state index in [9.17, 15) is 4.79 Å². The smallest absolute Gasteiger partial charge is 0.255 e. The molecule has 0 saturated carbocycles. The summed E-state index contributed by atoms with van der Waals surface area (Å²) in [5.74, 6) is 0.475. The Hall–Kier alpha value is -2.40. The molecule has 1 aromatic heterocycles. The zero-order valence-corrected chi connectivity index (χ0v) is 13.1. The molecule has 0 bridgehead atoms. The van der Waals surface area contributed by atoms with Crippen molar-refractivity contribution in [2.24, 2.45) is 0 Å². The monoisotopic (exact) mass is 300 g/mol. The number of hydrogen-bond acceptors (Lipinski definition) is 4. The average molecular weight is 300 g/mol. The summed E-state index contributed by atoms with van der Waals surface area (Å²) in [6, 6.07) is 7.08. The lowest BCUT2D eigenvalue weighted by Gasteiger charge is -2.12. The van der Waals surface area contributed by atoms with Gasteiger partial charge in [0.2, 0.25) is 0 Å². The maximum Gasteiger partial charge on any atom is 0.255 e. The quantitative estimate of drug-likeness (QED) is 0.833. The van der Waals surface area contributed by atoms with Gasteiger partial charge in [-0.2, -0.15) is 0 Å². The van der Waals surface area contributed by atoms with E-state index in [1.165, 1.54) is 0 Å². The number of methoxy groups -OCH3 is 1. The summed E-state index contributed by atoms with van der Waals surface area (Å²) in [7, 11) is 1.62. The highest BCUT2D eigenvalue weighted by Crippen LogP contribution is 2.20. The largest absolute Gasteiger partial charge is 0.491 e. The Morgan fingerprint density at radius 3 is 2.59 bits per heavy atom. The lowest BCUT2D eigenvalue weighted by atomic mass is 10.1. The number of nitrogens with zero attached hydrogens (tertiary/aromatic N) is 1. The standard InChI is InChI=1S/C17H20N2O3/c1-12-10-18-11-13(2)16(12)19-17(20)14-5-4-6-15(9-14)22-8-7-21-3/h4-6,9-11H,7-8H2,1-3H3,(H,18,19,20). The van der Waals surface area contributed by atoms with Crippen molar-refractivity contribution in [1.82, 2.24) is 4.98 Å². The molecule has 1 heterocycles. The van der Waals surface area contributed by atoms with Crippen molar-refractivity contribution in [3.05, 3.63) is 53.3 Å². The molecule has 0 atom stereocenters. The molecular formula is C17H20N2O3. The summed E-state index contributed by atoms with van der Waals surface area (Å²) < 4.78 is 10.5. The Morgan fingerprint density at radius 1 is 1.18 bits per heavy atom. The van der Waals surface area contributed by atoms with Crippen LogP contribution in [0.5, 0.6) is 5.75 Å². The van der Waals surface area contributed by atoms with Crippen LogP contribution in [0.25, 0.3) is 0 Å². The van der Waals surface area contributed by atoms with Crippen molar-refractivity contribution in [1.29, 1.82) is 0 Å². The second-order valence-electron chi connectivity index (χ2n) is 4.97. The highest BCUT2D eigenvalue weighted by atomic mass is 16.5. The summed E-state index contributed by atoms with van der Waals surface area (Å²) in [5.41, 5.74) is 3.21. The minimum atomic E-state index is -0.172. The molecule has 1 N–H and O–H groups in total. The summed E-state index contributed by atoms with van der Waals surface area (Å²) >= 11 is 0. The highest BCUT2D eigenvalue weighted by molar-refractivity contribution is 6.05. The van der Waals surface area contributed by atoms with E-state index < -0.39 is 0 Å². The van der Waals surface area contributed by atoms with E-state index in [2.05, 4.69) is 10.3 Å². The fourth-order valence-corrected chi connectivity index (χ4v) is 2.05. The van der Waals surface area contributed by atoms with Gasteiger partial charge in [-0.15, -0.1) is 0 Å².